The zero-order chi connectivity index (χ0) is 36.6. The minimum absolute atomic E-state index is 0. The Morgan fingerprint density at radius 3 is 1.55 bits per heavy atom. The van der Waals surface area contributed by atoms with E-state index in [1.165, 1.54) is 74.2 Å². The number of aromatic hydroxyl groups is 1. The number of phenols is 1. The largest absolute Gasteiger partial charge is 2.00 e. The molecule has 2 N–H and O–H groups in total. The van der Waals surface area contributed by atoms with Crippen LogP contribution in [0.5, 0.6) is 34.5 Å². The minimum Gasteiger partial charge on any atom is -0.872 e. The molecule has 0 saturated heterocycles. The number of hydrogen-bond donors (Lipinski definition) is 2. The van der Waals surface area contributed by atoms with Gasteiger partial charge in [-0.05, 0) is 79.3 Å². The molecule has 4 rings (SSSR count). The molecule has 0 aromatic heterocycles. The molecule has 10 nitrogen and oxygen atoms in total. The summed E-state index contributed by atoms with van der Waals surface area (Å²) in [5.41, 5.74) is 1.69. The van der Waals surface area contributed by atoms with Crippen LogP contribution in [0, 0.1) is 0 Å². The van der Waals surface area contributed by atoms with Gasteiger partial charge in [0.05, 0.1) is 9.79 Å². The van der Waals surface area contributed by atoms with Gasteiger partial charge in [0.2, 0.25) is 0 Å². The third-order valence-corrected chi connectivity index (χ3v) is 9.52. The van der Waals surface area contributed by atoms with Crippen LogP contribution in [0.3, 0.4) is 0 Å². The van der Waals surface area contributed by atoms with Crippen LogP contribution >= 0.6 is 0 Å². The molecule has 51 heavy (non-hydrogen) atoms. The minimum atomic E-state index is -4.57. The summed E-state index contributed by atoms with van der Waals surface area (Å²) in [4.78, 5) is -0.548. The van der Waals surface area contributed by atoms with E-state index in [4.69, 9.17) is 9.47 Å². The molecule has 4 aromatic rings. The SMILES string of the molecule is CCCCCCCc1ccc(S(=O)(=O)O)cc1Oc1cccc(O)c1.CCCCCCCc1ccc(S(=O)(=O)[O-])cc1Oc1cccc([O-])c1.[Ca+2]. The first-order chi connectivity index (χ1) is 23.8. The number of aryl methyl sites for hydroxylation is 2. The van der Waals surface area contributed by atoms with Gasteiger partial charge in [-0.2, -0.15) is 8.42 Å². The van der Waals surface area contributed by atoms with Gasteiger partial charge < -0.3 is 24.2 Å². The summed E-state index contributed by atoms with van der Waals surface area (Å²) < 4.78 is 77.3. The van der Waals surface area contributed by atoms with Gasteiger partial charge in [-0.15, -0.1) is 5.75 Å². The number of unbranched alkanes of at least 4 members (excludes halogenated alkanes) is 8. The van der Waals surface area contributed by atoms with Gasteiger partial charge in [-0.3, -0.25) is 4.55 Å². The predicted octanol–water partition coefficient (Wildman–Crippen LogP) is 8.53. The normalized spacial score (nSPS) is 11.2. The molecular weight excluding hydrogens is 721 g/mol. The average molecular weight is 767 g/mol. The summed E-state index contributed by atoms with van der Waals surface area (Å²) in [6.45, 7) is 4.31. The van der Waals surface area contributed by atoms with Crippen molar-refractivity contribution in [3.05, 3.63) is 96.1 Å². The quantitative estimate of drug-likeness (QED) is 0.0568. The fourth-order valence-corrected chi connectivity index (χ4v) is 6.15. The van der Waals surface area contributed by atoms with Crippen LogP contribution in [0.4, 0.5) is 0 Å². The van der Waals surface area contributed by atoms with E-state index in [1.807, 2.05) is 0 Å². The van der Waals surface area contributed by atoms with Crippen LogP contribution < -0.4 is 14.6 Å². The van der Waals surface area contributed by atoms with Gasteiger partial charge in [-0.1, -0.05) is 95.5 Å². The smallest absolute Gasteiger partial charge is 0.872 e. The van der Waals surface area contributed by atoms with E-state index in [2.05, 4.69) is 13.8 Å². The molecule has 272 valence electrons. The molecule has 0 radical (unpaired) electrons. The molecular formula is C38H46CaO10S2. The molecule has 4 aromatic carbocycles. The van der Waals surface area contributed by atoms with Crippen molar-refractivity contribution >= 4 is 58.0 Å². The van der Waals surface area contributed by atoms with Crippen LogP contribution in [-0.2, 0) is 33.1 Å². The maximum absolute atomic E-state index is 11.4. The second kappa shape index (κ2) is 22.3. The maximum atomic E-state index is 11.4. The molecule has 0 spiro atoms. The van der Waals surface area contributed by atoms with Crippen LogP contribution in [0.2, 0.25) is 0 Å². The Morgan fingerprint density at radius 1 is 0.608 bits per heavy atom. The van der Waals surface area contributed by atoms with E-state index in [0.717, 1.165) is 62.5 Å². The van der Waals surface area contributed by atoms with Gasteiger partial charge in [0.25, 0.3) is 10.1 Å². The fourth-order valence-electron chi connectivity index (χ4n) is 5.17. The Labute approximate surface area is 332 Å². The summed E-state index contributed by atoms with van der Waals surface area (Å²) in [6, 6.07) is 20.7. The molecule has 0 aliphatic heterocycles. The summed E-state index contributed by atoms with van der Waals surface area (Å²) in [5, 5.41) is 21.0. The van der Waals surface area contributed by atoms with E-state index in [-0.39, 0.29) is 59.0 Å². The maximum Gasteiger partial charge on any atom is 2.00 e. The molecule has 0 atom stereocenters. The van der Waals surface area contributed by atoms with E-state index < -0.39 is 20.2 Å². The topological polar surface area (TPSA) is 173 Å². The van der Waals surface area contributed by atoms with E-state index >= 15 is 0 Å². The number of hydrogen-bond acceptors (Lipinski definition) is 9. The first-order valence-electron chi connectivity index (χ1n) is 16.9. The second-order valence-corrected chi connectivity index (χ2v) is 14.8. The number of rotatable bonds is 18. The Morgan fingerprint density at radius 2 is 1.08 bits per heavy atom. The first kappa shape index (κ1) is 44.3. The van der Waals surface area contributed by atoms with E-state index in [1.54, 1.807) is 36.4 Å². The molecule has 0 heterocycles. The van der Waals surface area contributed by atoms with Crippen molar-refractivity contribution < 1.29 is 45.6 Å². The van der Waals surface area contributed by atoms with Crippen LogP contribution in [0.1, 0.15) is 89.2 Å². The van der Waals surface area contributed by atoms with Gasteiger partial charge in [0.15, 0.2) is 0 Å². The standard InChI is InChI=1S/2C19H24O5S.Ca/c2*1-2-3-4-5-6-8-15-11-12-18(25(21,22)23)14-19(15)24-17-10-7-9-16(20)13-17;/h2*7,9-14,20H,2-6,8H2,1H3,(H,21,22,23);/q;;+2/p-2. The number of ether oxygens (including phenoxy) is 2. The fraction of sp³-hybridized carbons (Fsp3) is 0.368. The van der Waals surface area contributed by atoms with Gasteiger partial charge in [-0.25, -0.2) is 8.42 Å². The van der Waals surface area contributed by atoms with Crippen molar-refractivity contribution in [1.29, 1.82) is 0 Å². The average Bonchev–Trinajstić information content (AvgIpc) is 3.05. The monoisotopic (exact) mass is 766 g/mol. The van der Waals surface area contributed by atoms with Crippen molar-refractivity contribution in [1.82, 2.24) is 0 Å². The summed E-state index contributed by atoms with van der Waals surface area (Å²) in [5.74, 6) is 1.25. The van der Waals surface area contributed by atoms with Gasteiger partial charge in [0, 0.05) is 12.1 Å². The molecule has 0 aliphatic carbocycles. The van der Waals surface area contributed by atoms with Gasteiger partial charge >= 0.3 is 37.7 Å². The summed E-state index contributed by atoms with van der Waals surface area (Å²) >= 11 is 0. The van der Waals surface area contributed by atoms with Crippen molar-refractivity contribution in [3.63, 3.8) is 0 Å². The van der Waals surface area contributed by atoms with Crippen LogP contribution in [-0.4, -0.2) is 68.8 Å². The molecule has 13 heteroatoms. The number of benzene rings is 4. The molecule has 0 unspecified atom stereocenters. The molecule has 0 bridgehead atoms. The predicted molar refractivity (Wildman–Crippen MR) is 195 cm³/mol. The Balaban J connectivity index is 0.000000347. The summed E-state index contributed by atoms with van der Waals surface area (Å²) in [7, 11) is -8.87. The third kappa shape index (κ3) is 16.2. The molecule has 0 aliphatic rings. The third-order valence-electron chi connectivity index (χ3n) is 7.84. The molecule has 0 saturated carbocycles. The van der Waals surface area contributed by atoms with Crippen molar-refractivity contribution in [3.8, 4) is 34.5 Å². The Bertz CT molecular complexity index is 1740. The summed E-state index contributed by atoms with van der Waals surface area (Å²) in [6.07, 6.45) is 12.6. The van der Waals surface area contributed by atoms with Crippen LogP contribution in [0.25, 0.3) is 0 Å². The van der Waals surface area contributed by atoms with Crippen LogP contribution in [0.15, 0.2) is 94.7 Å². The number of phenolic OH excluding ortho intramolecular Hbond substituents is 1. The zero-order valence-corrected chi connectivity index (χ0v) is 33.1. The van der Waals surface area contributed by atoms with E-state index in [0.29, 0.717) is 23.0 Å². The van der Waals surface area contributed by atoms with Crippen molar-refractivity contribution in [2.45, 2.75) is 101 Å². The zero-order valence-electron chi connectivity index (χ0n) is 29.3. The van der Waals surface area contributed by atoms with Gasteiger partial charge in [0.1, 0.15) is 38.9 Å². The van der Waals surface area contributed by atoms with Crippen molar-refractivity contribution in [2.75, 3.05) is 0 Å². The van der Waals surface area contributed by atoms with E-state index in [9.17, 15) is 36.2 Å². The Kier molecular flexibility index (Phi) is 19.4. The molecule has 0 fully saturated rings. The Hall–Kier alpha value is -2.84. The first-order valence-corrected chi connectivity index (χ1v) is 19.8. The second-order valence-electron chi connectivity index (χ2n) is 12.0. The molecule has 0 amide bonds. The van der Waals surface area contributed by atoms with Crippen molar-refractivity contribution in [2.24, 2.45) is 0 Å².